The summed E-state index contributed by atoms with van der Waals surface area (Å²) >= 11 is 0. The Kier molecular flexibility index (Phi) is 3.23. The van der Waals surface area contributed by atoms with E-state index >= 15 is 0 Å². The first kappa shape index (κ1) is 11.5. The van der Waals surface area contributed by atoms with E-state index in [4.69, 9.17) is 4.74 Å². The summed E-state index contributed by atoms with van der Waals surface area (Å²) in [7, 11) is 0. The summed E-state index contributed by atoms with van der Waals surface area (Å²) in [6, 6.07) is 0. The minimum absolute atomic E-state index is 0.0263. The van der Waals surface area contributed by atoms with Crippen LogP contribution in [-0.4, -0.2) is 12.1 Å². The molecule has 1 rings (SSSR count). The van der Waals surface area contributed by atoms with Gasteiger partial charge in [-0.05, 0) is 32.1 Å². The molecule has 0 spiro atoms. The molecule has 1 fully saturated rings. The van der Waals surface area contributed by atoms with Gasteiger partial charge in [0.2, 0.25) is 0 Å². The largest absolute Gasteiger partial charge is 0.462 e. The second kappa shape index (κ2) is 3.92. The van der Waals surface area contributed by atoms with Gasteiger partial charge in [0.1, 0.15) is 6.10 Å². The van der Waals surface area contributed by atoms with Gasteiger partial charge in [0.25, 0.3) is 0 Å². The molecule has 1 saturated heterocycles. The lowest BCUT2D eigenvalue weighted by Gasteiger charge is -2.40. The third-order valence-electron chi connectivity index (χ3n) is 3.88. The molecule has 1 heterocycles. The minimum Gasteiger partial charge on any atom is -0.462 e. The highest BCUT2D eigenvalue weighted by molar-refractivity contribution is 5.77. The molecule has 1 aliphatic heterocycles. The standard InChI is InChI=1S/C12H22O2/c1-6-8(2)10-7-9(3)12(4,5)11(13)14-10/h8-10H,6-7H2,1-5H3. The Bertz CT molecular complexity index is 220. The van der Waals surface area contributed by atoms with Crippen LogP contribution < -0.4 is 0 Å². The molecule has 0 saturated carbocycles. The maximum atomic E-state index is 11.7. The molecule has 0 aromatic rings. The SMILES string of the molecule is CCC(C)C1CC(C)C(C)(C)C(=O)O1. The number of cyclic esters (lactones) is 1. The molecule has 3 atom stereocenters. The van der Waals surface area contributed by atoms with Gasteiger partial charge in [-0.3, -0.25) is 4.79 Å². The van der Waals surface area contributed by atoms with Crippen molar-refractivity contribution >= 4 is 5.97 Å². The van der Waals surface area contributed by atoms with Crippen LogP contribution in [0.5, 0.6) is 0 Å². The van der Waals surface area contributed by atoms with Gasteiger partial charge in [-0.1, -0.05) is 27.2 Å². The average molecular weight is 198 g/mol. The summed E-state index contributed by atoms with van der Waals surface area (Å²) in [6.07, 6.45) is 2.22. The topological polar surface area (TPSA) is 26.3 Å². The molecular weight excluding hydrogens is 176 g/mol. The van der Waals surface area contributed by atoms with Gasteiger partial charge in [-0.15, -0.1) is 0 Å². The fraction of sp³-hybridized carbons (Fsp3) is 0.917. The van der Waals surface area contributed by atoms with Crippen molar-refractivity contribution in [2.75, 3.05) is 0 Å². The van der Waals surface area contributed by atoms with Gasteiger partial charge in [-0.2, -0.15) is 0 Å². The van der Waals surface area contributed by atoms with Crippen LogP contribution >= 0.6 is 0 Å². The molecule has 0 aromatic carbocycles. The summed E-state index contributed by atoms with van der Waals surface area (Å²) in [5.41, 5.74) is -0.302. The first-order valence-corrected chi connectivity index (χ1v) is 5.60. The Morgan fingerprint density at radius 3 is 2.57 bits per heavy atom. The molecule has 0 N–H and O–H groups in total. The number of esters is 1. The lowest BCUT2D eigenvalue weighted by atomic mass is 9.73. The fourth-order valence-corrected chi connectivity index (χ4v) is 1.79. The van der Waals surface area contributed by atoms with Gasteiger partial charge in [0, 0.05) is 0 Å². The summed E-state index contributed by atoms with van der Waals surface area (Å²) in [5.74, 6) is 0.877. The van der Waals surface area contributed by atoms with Crippen molar-refractivity contribution in [1.82, 2.24) is 0 Å². The highest BCUT2D eigenvalue weighted by Gasteiger charge is 2.43. The molecule has 1 aliphatic rings. The maximum absolute atomic E-state index is 11.7. The zero-order chi connectivity index (χ0) is 10.9. The van der Waals surface area contributed by atoms with E-state index in [0.29, 0.717) is 11.8 Å². The highest BCUT2D eigenvalue weighted by Crippen LogP contribution is 2.39. The maximum Gasteiger partial charge on any atom is 0.312 e. The van der Waals surface area contributed by atoms with Crippen molar-refractivity contribution in [1.29, 1.82) is 0 Å². The van der Waals surface area contributed by atoms with Gasteiger partial charge >= 0.3 is 5.97 Å². The van der Waals surface area contributed by atoms with Crippen molar-refractivity contribution < 1.29 is 9.53 Å². The third-order valence-corrected chi connectivity index (χ3v) is 3.88. The fourth-order valence-electron chi connectivity index (χ4n) is 1.79. The van der Waals surface area contributed by atoms with Gasteiger partial charge in [-0.25, -0.2) is 0 Å². The van der Waals surface area contributed by atoms with Crippen molar-refractivity contribution in [3.8, 4) is 0 Å². The number of carbonyl (C=O) groups excluding carboxylic acids is 1. The van der Waals surface area contributed by atoms with Crippen LogP contribution in [0.1, 0.15) is 47.5 Å². The van der Waals surface area contributed by atoms with Crippen LogP contribution in [0.25, 0.3) is 0 Å². The van der Waals surface area contributed by atoms with Crippen LogP contribution in [0, 0.1) is 17.3 Å². The minimum atomic E-state index is -0.302. The van der Waals surface area contributed by atoms with Gasteiger partial charge < -0.3 is 4.74 Å². The van der Waals surface area contributed by atoms with E-state index in [9.17, 15) is 4.79 Å². The quantitative estimate of drug-likeness (QED) is 0.637. The first-order chi connectivity index (χ1) is 6.39. The molecule has 2 heteroatoms. The molecule has 14 heavy (non-hydrogen) atoms. The molecule has 0 amide bonds. The first-order valence-electron chi connectivity index (χ1n) is 5.60. The van der Waals surface area contributed by atoms with Crippen molar-refractivity contribution in [2.24, 2.45) is 17.3 Å². The van der Waals surface area contributed by atoms with E-state index in [2.05, 4.69) is 20.8 Å². The zero-order valence-electron chi connectivity index (χ0n) is 9.96. The van der Waals surface area contributed by atoms with Crippen LogP contribution in [-0.2, 0) is 9.53 Å². The second-order valence-corrected chi connectivity index (χ2v) is 5.19. The lowest BCUT2D eigenvalue weighted by molar-refractivity contribution is -0.177. The average Bonchev–Trinajstić information content (AvgIpc) is 2.13. The number of carbonyl (C=O) groups is 1. The molecule has 0 bridgehead atoms. The van der Waals surface area contributed by atoms with Gasteiger partial charge in [0.05, 0.1) is 5.41 Å². The number of rotatable bonds is 2. The van der Waals surface area contributed by atoms with E-state index in [0.717, 1.165) is 12.8 Å². The zero-order valence-corrected chi connectivity index (χ0v) is 9.96. The van der Waals surface area contributed by atoms with E-state index < -0.39 is 0 Å². The summed E-state index contributed by atoms with van der Waals surface area (Å²) in [5, 5.41) is 0. The third kappa shape index (κ3) is 1.94. The van der Waals surface area contributed by atoms with Crippen molar-refractivity contribution in [2.45, 2.75) is 53.6 Å². The second-order valence-electron chi connectivity index (χ2n) is 5.19. The molecule has 2 nitrogen and oxygen atoms in total. The predicted molar refractivity (Wildman–Crippen MR) is 56.9 cm³/mol. The van der Waals surface area contributed by atoms with Crippen molar-refractivity contribution in [3.05, 3.63) is 0 Å². The molecule has 0 radical (unpaired) electrons. The number of hydrogen-bond donors (Lipinski definition) is 0. The number of hydrogen-bond acceptors (Lipinski definition) is 2. The van der Waals surface area contributed by atoms with E-state index in [1.165, 1.54) is 0 Å². The van der Waals surface area contributed by atoms with Crippen molar-refractivity contribution in [3.63, 3.8) is 0 Å². The van der Waals surface area contributed by atoms with Gasteiger partial charge in [0.15, 0.2) is 0 Å². The molecular formula is C12H22O2. The Morgan fingerprint density at radius 2 is 2.14 bits per heavy atom. The Hall–Kier alpha value is -0.530. The molecule has 0 aromatic heterocycles. The molecule has 82 valence electrons. The normalized spacial score (nSPS) is 33.6. The lowest BCUT2D eigenvalue weighted by Crippen LogP contribution is -2.44. The van der Waals surface area contributed by atoms with Crippen LogP contribution in [0.4, 0.5) is 0 Å². The Labute approximate surface area is 87.0 Å². The summed E-state index contributed by atoms with van der Waals surface area (Å²) in [4.78, 5) is 11.7. The smallest absolute Gasteiger partial charge is 0.312 e. The van der Waals surface area contributed by atoms with Crippen LogP contribution in [0.2, 0.25) is 0 Å². The monoisotopic (exact) mass is 198 g/mol. The molecule has 3 unspecified atom stereocenters. The summed E-state index contributed by atoms with van der Waals surface area (Å²) in [6.45, 7) is 10.4. The highest BCUT2D eigenvalue weighted by atomic mass is 16.5. The Morgan fingerprint density at radius 1 is 1.57 bits per heavy atom. The van der Waals surface area contributed by atoms with E-state index in [1.807, 2.05) is 13.8 Å². The number of ether oxygens (including phenoxy) is 1. The summed E-state index contributed by atoms with van der Waals surface area (Å²) < 4.78 is 5.49. The van der Waals surface area contributed by atoms with Crippen LogP contribution in [0.15, 0.2) is 0 Å². The van der Waals surface area contributed by atoms with E-state index in [-0.39, 0.29) is 17.5 Å². The Balaban J connectivity index is 2.71. The van der Waals surface area contributed by atoms with Crippen LogP contribution in [0.3, 0.4) is 0 Å². The predicted octanol–water partition coefficient (Wildman–Crippen LogP) is 3.01. The molecule has 0 aliphatic carbocycles. The van der Waals surface area contributed by atoms with E-state index in [1.54, 1.807) is 0 Å².